The van der Waals surface area contributed by atoms with Gasteiger partial charge in [0.2, 0.25) is 0 Å². The fourth-order valence-corrected chi connectivity index (χ4v) is 1.20. The highest BCUT2D eigenvalue weighted by molar-refractivity contribution is 5.15. The molecule has 0 bridgehead atoms. The molecule has 2 heteroatoms. The summed E-state index contributed by atoms with van der Waals surface area (Å²) in [4.78, 5) is 0. The average molecular weight is 214 g/mol. The SMILES string of the molecule is CC(C)(C)C([NH3+])Cc1ccccc1.[Cl-]. The highest BCUT2D eigenvalue weighted by Crippen LogP contribution is 2.19. The molecule has 1 nitrogen and oxygen atoms in total. The first-order valence-electron chi connectivity index (χ1n) is 4.87. The van der Waals surface area contributed by atoms with E-state index < -0.39 is 0 Å². The van der Waals surface area contributed by atoms with Crippen molar-refractivity contribution in [3.05, 3.63) is 35.9 Å². The Morgan fingerprint density at radius 1 is 1.14 bits per heavy atom. The van der Waals surface area contributed by atoms with Crippen molar-refractivity contribution in [2.45, 2.75) is 33.2 Å². The van der Waals surface area contributed by atoms with Crippen molar-refractivity contribution in [1.29, 1.82) is 0 Å². The molecular formula is C12H20ClN. The first-order chi connectivity index (χ1) is 6.00. The first-order valence-corrected chi connectivity index (χ1v) is 4.87. The summed E-state index contributed by atoms with van der Waals surface area (Å²) in [6.45, 7) is 6.73. The molecule has 0 aliphatic rings. The molecule has 0 saturated heterocycles. The number of quaternary nitrogens is 1. The van der Waals surface area contributed by atoms with Gasteiger partial charge in [0.15, 0.2) is 0 Å². The highest BCUT2D eigenvalue weighted by Gasteiger charge is 2.23. The van der Waals surface area contributed by atoms with E-state index in [9.17, 15) is 0 Å². The molecule has 1 aromatic rings. The summed E-state index contributed by atoms with van der Waals surface area (Å²) in [6, 6.07) is 11.1. The Balaban J connectivity index is 0.00000169. The fraction of sp³-hybridized carbons (Fsp3) is 0.500. The van der Waals surface area contributed by atoms with Crippen LogP contribution in [0.2, 0.25) is 0 Å². The van der Waals surface area contributed by atoms with Gasteiger partial charge in [0.1, 0.15) is 0 Å². The van der Waals surface area contributed by atoms with Crippen LogP contribution in [0.4, 0.5) is 0 Å². The molecule has 0 saturated carbocycles. The maximum absolute atomic E-state index is 4.20. The first kappa shape index (κ1) is 13.5. The van der Waals surface area contributed by atoms with Crippen LogP contribution in [0.15, 0.2) is 30.3 Å². The summed E-state index contributed by atoms with van der Waals surface area (Å²) >= 11 is 0. The summed E-state index contributed by atoms with van der Waals surface area (Å²) in [5.41, 5.74) is 5.89. The molecule has 1 unspecified atom stereocenters. The van der Waals surface area contributed by atoms with Crippen molar-refractivity contribution < 1.29 is 18.1 Å². The van der Waals surface area contributed by atoms with Crippen LogP contribution < -0.4 is 18.1 Å². The topological polar surface area (TPSA) is 27.6 Å². The zero-order chi connectivity index (χ0) is 9.90. The Hall–Kier alpha value is -0.530. The normalized spacial score (nSPS) is 13.1. The van der Waals surface area contributed by atoms with E-state index in [0.29, 0.717) is 11.5 Å². The Kier molecular flexibility index (Phi) is 5.17. The van der Waals surface area contributed by atoms with Gasteiger partial charge in [-0.2, -0.15) is 0 Å². The van der Waals surface area contributed by atoms with E-state index in [0.717, 1.165) is 6.42 Å². The van der Waals surface area contributed by atoms with Gasteiger partial charge in [0, 0.05) is 11.8 Å². The smallest absolute Gasteiger partial charge is 0.0933 e. The van der Waals surface area contributed by atoms with Crippen molar-refractivity contribution in [2.24, 2.45) is 5.41 Å². The molecule has 0 aromatic heterocycles. The number of hydrogen-bond donors (Lipinski definition) is 1. The van der Waals surface area contributed by atoms with Gasteiger partial charge in [-0.3, -0.25) is 0 Å². The van der Waals surface area contributed by atoms with Crippen molar-refractivity contribution in [2.75, 3.05) is 0 Å². The third-order valence-corrected chi connectivity index (χ3v) is 2.55. The standard InChI is InChI=1S/C12H19N.ClH/c1-12(2,3)11(13)9-10-7-5-4-6-8-10;/h4-8,11H,9,13H2,1-3H3;1H. The second kappa shape index (κ2) is 5.38. The molecule has 1 atom stereocenters. The third kappa shape index (κ3) is 4.12. The second-order valence-corrected chi connectivity index (χ2v) is 4.75. The fourth-order valence-electron chi connectivity index (χ4n) is 1.20. The molecule has 0 radical (unpaired) electrons. The number of benzene rings is 1. The molecule has 80 valence electrons. The van der Waals surface area contributed by atoms with Crippen LogP contribution in [0.1, 0.15) is 26.3 Å². The number of halogens is 1. The van der Waals surface area contributed by atoms with Gasteiger partial charge in [0.25, 0.3) is 0 Å². The molecule has 0 heterocycles. The monoisotopic (exact) mass is 213 g/mol. The van der Waals surface area contributed by atoms with Crippen LogP contribution in [0.3, 0.4) is 0 Å². The summed E-state index contributed by atoms with van der Waals surface area (Å²) < 4.78 is 0. The van der Waals surface area contributed by atoms with E-state index >= 15 is 0 Å². The van der Waals surface area contributed by atoms with Crippen molar-refractivity contribution in [3.8, 4) is 0 Å². The van der Waals surface area contributed by atoms with Crippen LogP contribution in [0.5, 0.6) is 0 Å². The quantitative estimate of drug-likeness (QED) is 0.646. The Morgan fingerprint density at radius 3 is 2.07 bits per heavy atom. The molecule has 0 aliphatic heterocycles. The van der Waals surface area contributed by atoms with E-state index in [4.69, 9.17) is 0 Å². The molecule has 0 amide bonds. The third-order valence-electron chi connectivity index (χ3n) is 2.55. The van der Waals surface area contributed by atoms with Crippen LogP contribution >= 0.6 is 0 Å². The molecule has 0 aliphatic carbocycles. The molecule has 1 rings (SSSR count). The maximum Gasteiger partial charge on any atom is 0.0933 e. The molecular weight excluding hydrogens is 194 g/mol. The Morgan fingerprint density at radius 2 is 1.64 bits per heavy atom. The lowest BCUT2D eigenvalue weighted by Crippen LogP contribution is -3.00. The van der Waals surface area contributed by atoms with E-state index in [1.807, 2.05) is 0 Å². The van der Waals surface area contributed by atoms with Crippen LogP contribution in [-0.4, -0.2) is 6.04 Å². The minimum absolute atomic E-state index is 0. The summed E-state index contributed by atoms with van der Waals surface area (Å²) in [5.74, 6) is 0. The molecule has 14 heavy (non-hydrogen) atoms. The number of rotatable bonds is 2. The lowest BCUT2D eigenvalue weighted by atomic mass is 9.84. The van der Waals surface area contributed by atoms with E-state index in [-0.39, 0.29) is 12.4 Å². The summed E-state index contributed by atoms with van der Waals surface area (Å²) in [6.07, 6.45) is 1.07. The van der Waals surface area contributed by atoms with Crippen molar-refractivity contribution >= 4 is 0 Å². The van der Waals surface area contributed by atoms with Gasteiger partial charge in [-0.15, -0.1) is 0 Å². The van der Waals surface area contributed by atoms with E-state index in [1.165, 1.54) is 5.56 Å². The summed E-state index contributed by atoms with van der Waals surface area (Å²) in [7, 11) is 0. The molecule has 0 spiro atoms. The zero-order valence-electron chi connectivity index (χ0n) is 9.26. The van der Waals surface area contributed by atoms with E-state index in [1.54, 1.807) is 0 Å². The minimum atomic E-state index is 0. The van der Waals surface area contributed by atoms with Crippen LogP contribution in [0, 0.1) is 5.41 Å². The minimum Gasteiger partial charge on any atom is -1.00 e. The maximum atomic E-state index is 4.20. The lowest BCUT2D eigenvalue weighted by Gasteiger charge is -2.23. The highest BCUT2D eigenvalue weighted by atomic mass is 35.5. The largest absolute Gasteiger partial charge is 1.00 e. The van der Waals surface area contributed by atoms with E-state index in [2.05, 4.69) is 56.8 Å². The predicted octanol–water partition coefficient (Wildman–Crippen LogP) is -1.11. The number of hydrogen-bond acceptors (Lipinski definition) is 0. The van der Waals surface area contributed by atoms with Crippen molar-refractivity contribution in [3.63, 3.8) is 0 Å². The average Bonchev–Trinajstić information content (AvgIpc) is 2.04. The Bertz CT molecular complexity index is 251. The molecule has 0 fully saturated rings. The Labute approximate surface area is 93.1 Å². The second-order valence-electron chi connectivity index (χ2n) is 4.75. The van der Waals surface area contributed by atoms with Crippen LogP contribution in [-0.2, 0) is 6.42 Å². The molecule has 1 aromatic carbocycles. The summed E-state index contributed by atoms with van der Waals surface area (Å²) in [5, 5.41) is 0. The zero-order valence-corrected chi connectivity index (χ0v) is 10.0. The van der Waals surface area contributed by atoms with Crippen molar-refractivity contribution in [1.82, 2.24) is 0 Å². The van der Waals surface area contributed by atoms with Gasteiger partial charge < -0.3 is 18.1 Å². The van der Waals surface area contributed by atoms with Crippen LogP contribution in [0.25, 0.3) is 0 Å². The van der Waals surface area contributed by atoms with Gasteiger partial charge in [-0.25, -0.2) is 0 Å². The lowest BCUT2D eigenvalue weighted by molar-refractivity contribution is -0.442. The van der Waals surface area contributed by atoms with Gasteiger partial charge in [-0.1, -0.05) is 51.1 Å². The van der Waals surface area contributed by atoms with Gasteiger partial charge in [-0.05, 0) is 5.56 Å². The predicted molar refractivity (Wildman–Crippen MR) is 56.3 cm³/mol. The van der Waals surface area contributed by atoms with Gasteiger partial charge in [0.05, 0.1) is 6.04 Å². The molecule has 3 N–H and O–H groups in total. The van der Waals surface area contributed by atoms with Gasteiger partial charge >= 0.3 is 0 Å².